The number of nitrogens with one attached hydrogen (secondary N) is 1. The molecule has 118 valence electrons. The molecule has 1 saturated carbocycles. The lowest BCUT2D eigenvalue weighted by Crippen LogP contribution is -2.15. The summed E-state index contributed by atoms with van der Waals surface area (Å²) in [6.07, 6.45) is 3.59. The molecule has 21 heavy (non-hydrogen) atoms. The van der Waals surface area contributed by atoms with Crippen LogP contribution in [0.25, 0.3) is 0 Å². The Kier molecular flexibility index (Phi) is 7.75. The number of methoxy groups -OCH3 is 1. The van der Waals surface area contributed by atoms with Gasteiger partial charge in [0, 0.05) is 32.9 Å². The van der Waals surface area contributed by atoms with E-state index in [-0.39, 0.29) is 0 Å². The van der Waals surface area contributed by atoms with Crippen LogP contribution in [0.4, 0.5) is 0 Å². The molecule has 1 aliphatic rings. The molecule has 0 atom stereocenters. The Morgan fingerprint density at radius 3 is 2.67 bits per heavy atom. The van der Waals surface area contributed by atoms with Gasteiger partial charge in [0.15, 0.2) is 0 Å². The molecule has 4 nitrogen and oxygen atoms in total. The summed E-state index contributed by atoms with van der Waals surface area (Å²) in [6.45, 7) is 4.38. The van der Waals surface area contributed by atoms with Crippen molar-refractivity contribution in [1.29, 1.82) is 0 Å². The van der Waals surface area contributed by atoms with Gasteiger partial charge in [-0.3, -0.25) is 0 Å². The standard InChI is InChI=1S/C17H27NO3/c1-19-8-3-9-20-10-11-21-14-16-5-2-4-15(12-16)13-18-17-6-7-17/h2,4-5,12,17-18H,3,6-11,13-14H2,1H3. The molecule has 1 N–H and O–H groups in total. The first kappa shape index (κ1) is 16.4. The molecule has 0 unspecified atom stereocenters. The first-order valence-electron chi connectivity index (χ1n) is 7.84. The van der Waals surface area contributed by atoms with Crippen LogP contribution in [-0.2, 0) is 27.4 Å². The summed E-state index contributed by atoms with van der Waals surface area (Å²) >= 11 is 0. The molecule has 1 aliphatic carbocycles. The fourth-order valence-electron chi connectivity index (χ4n) is 2.09. The van der Waals surface area contributed by atoms with Gasteiger partial charge in [-0.1, -0.05) is 24.3 Å². The van der Waals surface area contributed by atoms with Gasteiger partial charge in [0.1, 0.15) is 0 Å². The zero-order valence-electron chi connectivity index (χ0n) is 13.0. The minimum Gasteiger partial charge on any atom is -0.385 e. The van der Waals surface area contributed by atoms with E-state index in [4.69, 9.17) is 14.2 Å². The molecule has 2 rings (SSSR count). The van der Waals surface area contributed by atoms with Crippen LogP contribution >= 0.6 is 0 Å². The van der Waals surface area contributed by atoms with Crippen LogP contribution in [-0.4, -0.2) is 39.6 Å². The highest BCUT2D eigenvalue weighted by Gasteiger charge is 2.19. The quantitative estimate of drug-likeness (QED) is 0.601. The van der Waals surface area contributed by atoms with Crippen molar-refractivity contribution < 1.29 is 14.2 Å². The summed E-state index contributed by atoms with van der Waals surface area (Å²) in [4.78, 5) is 0. The predicted octanol–water partition coefficient (Wildman–Crippen LogP) is 2.51. The Balaban J connectivity index is 1.54. The number of rotatable bonds is 12. The van der Waals surface area contributed by atoms with Crippen molar-refractivity contribution in [3.63, 3.8) is 0 Å². The Morgan fingerprint density at radius 1 is 1.05 bits per heavy atom. The van der Waals surface area contributed by atoms with E-state index in [1.807, 2.05) is 0 Å². The maximum atomic E-state index is 5.64. The van der Waals surface area contributed by atoms with Crippen molar-refractivity contribution in [2.45, 2.75) is 38.5 Å². The topological polar surface area (TPSA) is 39.7 Å². The van der Waals surface area contributed by atoms with Crippen LogP contribution in [0, 0.1) is 0 Å². The summed E-state index contributed by atoms with van der Waals surface area (Å²) < 4.78 is 16.1. The second-order valence-electron chi connectivity index (χ2n) is 5.49. The van der Waals surface area contributed by atoms with Crippen LogP contribution in [0.2, 0.25) is 0 Å². The normalized spacial score (nSPS) is 14.5. The van der Waals surface area contributed by atoms with Crippen molar-refractivity contribution in [2.24, 2.45) is 0 Å². The predicted molar refractivity (Wildman–Crippen MR) is 83.3 cm³/mol. The van der Waals surface area contributed by atoms with E-state index in [1.165, 1.54) is 24.0 Å². The first-order valence-corrected chi connectivity index (χ1v) is 7.84. The number of hydrogen-bond donors (Lipinski definition) is 1. The molecule has 1 aromatic carbocycles. The third-order valence-corrected chi connectivity index (χ3v) is 3.44. The van der Waals surface area contributed by atoms with Crippen molar-refractivity contribution in [1.82, 2.24) is 5.32 Å². The molecule has 1 aromatic rings. The lowest BCUT2D eigenvalue weighted by molar-refractivity contribution is 0.0337. The first-order chi connectivity index (χ1) is 10.4. The summed E-state index contributed by atoms with van der Waals surface area (Å²) in [7, 11) is 1.71. The lowest BCUT2D eigenvalue weighted by atomic mass is 10.1. The molecule has 0 radical (unpaired) electrons. The molecule has 0 saturated heterocycles. The maximum Gasteiger partial charge on any atom is 0.0718 e. The van der Waals surface area contributed by atoms with Gasteiger partial charge in [-0.2, -0.15) is 0 Å². The molecular weight excluding hydrogens is 266 g/mol. The molecule has 0 aliphatic heterocycles. The molecule has 0 spiro atoms. The zero-order valence-corrected chi connectivity index (χ0v) is 13.0. The van der Waals surface area contributed by atoms with Gasteiger partial charge in [-0.15, -0.1) is 0 Å². The van der Waals surface area contributed by atoms with E-state index in [2.05, 4.69) is 29.6 Å². The number of ether oxygens (including phenoxy) is 3. The Labute approximate surface area is 127 Å². The van der Waals surface area contributed by atoms with Crippen molar-refractivity contribution in [2.75, 3.05) is 33.5 Å². The van der Waals surface area contributed by atoms with E-state index < -0.39 is 0 Å². The average molecular weight is 293 g/mol. The molecular formula is C17H27NO3. The Morgan fingerprint density at radius 2 is 1.86 bits per heavy atom. The van der Waals surface area contributed by atoms with Crippen LogP contribution < -0.4 is 5.32 Å². The average Bonchev–Trinajstić information content (AvgIpc) is 3.33. The number of hydrogen-bond acceptors (Lipinski definition) is 4. The highest BCUT2D eigenvalue weighted by Crippen LogP contribution is 2.19. The van der Waals surface area contributed by atoms with Gasteiger partial charge < -0.3 is 19.5 Å². The summed E-state index contributed by atoms with van der Waals surface area (Å²) in [5.41, 5.74) is 2.56. The summed E-state index contributed by atoms with van der Waals surface area (Å²) in [5.74, 6) is 0. The van der Waals surface area contributed by atoms with Crippen LogP contribution in [0.1, 0.15) is 30.4 Å². The molecule has 0 heterocycles. The molecule has 4 heteroatoms. The Hall–Kier alpha value is -0.940. The second kappa shape index (κ2) is 9.90. The highest BCUT2D eigenvalue weighted by atomic mass is 16.5. The zero-order chi connectivity index (χ0) is 14.8. The highest BCUT2D eigenvalue weighted by molar-refractivity contribution is 5.23. The van der Waals surface area contributed by atoms with Gasteiger partial charge in [0.2, 0.25) is 0 Å². The molecule has 0 aromatic heterocycles. The minimum atomic E-state index is 0.636. The van der Waals surface area contributed by atoms with Gasteiger partial charge in [-0.05, 0) is 30.4 Å². The molecule has 0 bridgehead atoms. The number of benzene rings is 1. The van der Waals surface area contributed by atoms with Crippen molar-refractivity contribution >= 4 is 0 Å². The van der Waals surface area contributed by atoms with Crippen LogP contribution in [0.5, 0.6) is 0 Å². The van der Waals surface area contributed by atoms with Crippen LogP contribution in [0.15, 0.2) is 24.3 Å². The fraction of sp³-hybridized carbons (Fsp3) is 0.647. The van der Waals surface area contributed by atoms with Gasteiger partial charge in [-0.25, -0.2) is 0 Å². The fourth-order valence-corrected chi connectivity index (χ4v) is 2.09. The summed E-state index contributed by atoms with van der Waals surface area (Å²) in [5, 5.41) is 3.53. The molecule has 0 amide bonds. The maximum absolute atomic E-state index is 5.64. The van der Waals surface area contributed by atoms with E-state index in [1.54, 1.807) is 7.11 Å². The largest absolute Gasteiger partial charge is 0.385 e. The van der Waals surface area contributed by atoms with Crippen molar-refractivity contribution in [3.05, 3.63) is 35.4 Å². The third-order valence-electron chi connectivity index (χ3n) is 3.44. The van der Waals surface area contributed by atoms with Crippen LogP contribution in [0.3, 0.4) is 0 Å². The summed E-state index contributed by atoms with van der Waals surface area (Å²) in [6, 6.07) is 9.34. The van der Waals surface area contributed by atoms with E-state index in [0.29, 0.717) is 19.8 Å². The smallest absolute Gasteiger partial charge is 0.0718 e. The van der Waals surface area contributed by atoms with E-state index in [9.17, 15) is 0 Å². The van der Waals surface area contributed by atoms with Crippen molar-refractivity contribution in [3.8, 4) is 0 Å². The van der Waals surface area contributed by atoms with E-state index >= 15 is 0 Å². The minimum absolute atomic E-state index is 0.636. The van der Waals surface area contributed by atoms with Gasteiger partial charge >= 0.3 is 0 Å². The van der Waals surface area contributed by atoms with Gasteiger partial charge in [0.25, 0.3) is 0 Å². The monoisotopic (exact) mass is 293 g/mol. The van der Waals surface area contributed by atoms with Gasteiger partial charge in [0.05, 0.1) is 19.8 Å². The Bertz CT molecular complexity index is 393. The molecule has 1 fully saturated rings. The van der Waals surface area contributed by atoms with E-state index in [0.717, 1.165) is 32.2 Å². The lowest BCUT2D eigenvalue weighted by Gasteiger charge is -2.08. The second-order valence-corrected chi connectivity index (χ2v) is 5.49. The SMILES string of the molecule is COCCCOCCOCc1cccc(CNC2CC2)c1. The third kappa shape index (κ3) is 7.58.